The summed E-state index contributed by atoms with van der Waals surface area (Å²) in [7, 11) is 0. The Morgan fingerprint density at radius 3 is 2.71 bits per heavy atom. The molecule has 2 nitrogen and oxygen atoms in total. The van der Waals surface area contributed by atoms with E-state index in [-0.39, 0.29) is 0 Å². The molecule has 0 aliphatic carbocycles. The van der Waals surface area contributed by atoms with Crippen molar-refractivity contribution in [2.75, 3.05) is 19.1 Å². The minimum atomic E-state index is 0.639. The van der Waals surface area contributed by atoms with Gasteiger partial charge in [-0.1, -0.05) is 6.07 Å². The lowest BCUT2D eigenvalue weighted by molar-refractivity contribution is 0.297. The van der Waals surface area contributed by atoms with Gasteiger partial charge < -0.3 is 9.47 Å². The summed E-state index contributed by atoms with van der Waals surface area (Å²) in [4.78, 5) is 0. The first-order valence-electron chi connectivity index (χ1n) is 4.84. The Bertz CT molecular complexity index is 312. The predicted octanol–water partition coefficient (Wildman–Crippen LogP) is 2.63. The summed E-state index contributed by atoms with van der Waals surface area (Å²) < 4.78 is 11.1. The molecule has 0 atom stereocenters. The van der Waals surface area contributed by atoms with E-state index in [2.05, 4.69) is 0 Å². The van der Waals surface area contributed by atoms with Gasteiger partial charge in [-0.25, -0.2) is 0 Å². The third-order valence-corrected chi connectivity index (χ3v) is 2.38. The van der Waals surface area contributed by atoms with Gasteiger partial charge in [-0.3, -0.25) is 0 Å². The summed E-state index contributed by atoms with van der Waals surface area (Å²) in [5.41, 5.74) is 1.20. The summed E-state index contributed by atoms with van der Waals surface area (Å²) in [5.74, 6) is 2.34. The Hall–Kier alpha value is -0.890. The van der Waals surface area contributed by atoms with Crippen LogP contribution in [0.25, 0.3) is 0 Å². The molecule has 2 rings (SSSR count). The van der Waals surface area contributed by atoms with Gasteiger partial charge in [-0.15, -0.1) is 11.6 Å². The van der Waals surface area contributed by atoms with Crippen molar-refractivity contribution in [3.8, 4) is 11.5 Å². The SMILES string of the molecule is ClCCc1ccc2c(c1)OCCCO2. The third kappa shape index (κ3) is 2.13. The van der Waals surface area contributed by atoms with E-state index in [1.165, 1.54) is 5.56 Å². The smallest absolute Gasteiger partial charge is 0.161 e. The first kappa shape index (κ1) is 9.66. The Labute approximate surface area is 88.8 Å². The molecule has 1 aromatic carbocycles. The normalized spacial score (nSPS) is 14.9. The molecule has 1 aromatic rings. The van der Waals surface area contributed by atoms with Crippen LogP contribution in [0.1, 0.15) is 12.0 Å². The van der Waals surface area contributed by atoms with Crippen molar-refractivity contribution in [1.82, 2.24) is 0 Å². The van der Waals surface area contributed by atoms with E-state index in [0.717, 1.165) is 37.6 Å². The van der Waals surface area contributed by atoms with E-state index < -0.39 is 0 Å². The summed E-state index contributed by atoms with van der Waals surface area (Å²) in [6.07, 6.45) is 1.82. The van der Waals surface area contributed by atoms with Crippen LogP contribution in [0, 0.1) is 0 Å². The highest BCUT2D eigenvalue weighted by Gasteiger charge is 2.09. The van der Waals surface area contributed by atoms with E-state index in [4.69, 9.17) is 21.1 Å². The molecule has 0 fully saturated rings. The molecule has 1 aliphatic rings. The highest BCUT2D eigenvalue weighted by atomic mass is 35.5. The number of aryl methyl sites for hydroxylation is 1. The zero-order chi connectivity index (χ0) is 9.80. The molecule has 0 amide bonds. The predicted molar refractivity (Wildman–Crippen MR) is 56.5 cm³/mol. The van der Waals surface area contributed by atoms with E-state index in [9.17, 15) is 0 Å². The molecule has 0 bridgehead atoms. The van der Waals surface area contributed by atoms with E-state index in [0.29, 0.717) is 5.88 Å². The van der Waals surface area contributed by atoms with Gasteiger partial charge >= 0.3 is 0 Å². The zero-order valence-electron chi connectivity index (χ0n) is 7.96. The number of ether oxygens (including phenoxy) is 2. The number of alkyl halides is 1. The van der Waals surface area contributed by atoms with Crippen molar-refractivity contribution >= 4 is 11.6 Å². The maximum atomic E-state index is 5.68. The van der Waals surface area contributed by atoms with Gasteiger partial charge in [0.2, 0.25) is 0 Å². The molecule has 0 saturated heterocycles. The van der Waals surface area contributed by atoms with Crippen LogP contribution in [-0.4, -0.2) is 19.1 Å². The highest BCUT2D eigenvalue weighted by molar-refractivity contribution is 6.17. The quantitative estimate of drug-likeness (QED) is 0.702. The number of rotatable bonds is 2. The molecule has 1 heterocycles. The van der Waals surface area contributed by atoms with E-state index >= 15 is 0 Å². The highest BCUT2D eigenvalue weighted by Crippen LogP contribution is 2.30. The summed E-state index contributed by atoms with van der Waals surface area (Å²) in [5, 5.41) is 0. The lowest BCUT2D eigenvalue weighted by atomic mass is 10.1. The van der Waals surface area contributed by atoms with Gasteiger partial charge in [0.1, 0.15) is 0 Å². The van der Waals surface area contributed by atoms with Crippen LogP contribution in [-0.2, 0) is 6.42 Å². The molecule has 76 valence electrons. The molecule has 3 heteroatoms. The van der Waals surface area contributed by atoms with Gasteiger partial charge in [-0.05, 0) is 24.1 Å². The van der Waals surface area contributed by atoms with Crippen LogP contribution in [0.3, 0.4) is 0 Å². The van der Waals surface area contributed by atoms with Crippen LogP contribution >= 0.6 is 11.6 Å². The van der Waals surface area contributed by atoms with Crippen molar-refractivity contribution in [1.29, 1.82) is 0 Å². The number of fused-ring (bicyclic) bond motifs is 1. The maximum Gasteiger partial charge on any atom is 0.161 e. The summed E-state index contributed by atoms with van der Waals surface area (Å²) in [6.45, 7) is 1.47. The second-order valence-corrected chi connectivity index (χ2v) is 3.65. The first-order chi connectivity index (χ1) is 6.90. The second-order valence-electron chi connectivity index (χ2n) is 3.27. The monoisotopic (exact) mass is 212 g/mol. The van der Waals surface area contributed by atoms with Crippen LogP contribution in [0.4, 0.5) is 0 Å². The molecule has 1 aliphatic heterocycles. The average Bonchev–Trinajstić information content (AvgIpc) is 2.42. The lowest BCUT2D eigenvalue weighted by Crippen LogP contribution is -1.97. The van der Waals surface area contributed by atoms with Crippen molar-refractivity contribution in [2.24, 2.45) is 0 Å². The van der Waals surface area contributed by atoms with Crippen LogP contribution in [0.5, 0.6) is 11.5 Å². The fourth-order valence-electron chi connectivity index (χ4n) is 1.47. The lowest BCUT2D eigenvalue weighted by Gasteiger charge is -2.08. The van der Waals surface area contributed by atoms with Crippen molar-refractivity contribution < 1.29 is 9.47 Å². The fourth-order valence-corrected chi connectivity index (χ4v) is 1.69. The Balaban J connectivity index is 2.23. The van der Waals surface area contributed by atoms with E-state index in [1.54, 1.807) is 0 Å². The summed E-state index contributed by atoms with van der Waals surface area (Å²) >= 11 is 5.68. The standard InChI is InChI=1S/C11H13ClO2/c12-5-4-9-2-3-10-11(8-9)14-7-1-6-13-10/h2-3,8H,1,4-7H2. The molecule has 0 unspecified atom stereocenters. The van der Waals surface area contributed by atoms with Crippen molar-refractivity contribution in [3.05, 3.63) is 23.8 Å². The average molecular weight is 213 g/mol. The number of hydrogen-bond donors (Lipinski definition) is 0. The molecule has 0 N–H and O–H groups in total. The van der Waals surface area contributed by atoms with Crippen LogP contribution in [0.15, 0.2) is 18.2 Å². The van der Waals surface area contributed by atoms with Gasteiger partial charge in [-0.2, -0.15) is 0 Å². The number of halogens is 1. The summed E-state index contributed by atoms with van der Waals surface area (Å²) in [6, 6.07) is 6.02. The molecular formula is C11H13ClO2. The van der Waals surface area contributed by atoms with Crippen LogP contribution in [0.2, 0.25) is 0 Å². The minimum Gasteiger partial charge on any atom is -0.490 e. The minimum absolute atomic E-state index is 0.639. The molecule has 14 heavy (non-hydrogen) atoms. The van der Waals surface area contributed by atoms with Crippen molar-refractivity contribution in [2.45, 2.75) is 12.8 Å². The van der Waals surface area contributed by atoms with Crippen molar-refractivity contribution in [3.63, 3.8) is 0 Å². The van der Waals surface area contributed by atoms with Gasteiger partial charge in [0.25, 0.3) is 0 Å². The Morgan fingerprint density at radius 1 is 1.14 bits per heavy atom. The Kier molecular flexibility index (Phi) is 3.14. The number of benzene rings is 1. The molecule has 0 aromatic heterocycles. The fraction of sp³-hybridized carbons (Fsp3) is 0.455. The van der Waals surface area contributed by atoms with Gasteiger partial charge in [0.15, 0.2) is 11.5 Å². The molecule has 0 saturated carbocycles. The topological polar surface area (TPSA) is 18.5 Å². The zero-order valence-corrected chi connectivity index (χ0v) is 8.72. The molecular weight excluding hydrogens is 200 g/mol. The van der Waals surface area contributed by atoms with E-state index in [1.807, 2.05) is 18.2 Å². The van der Waals surface area contributed by atoms with Gasteiger partial charge in [0.05, 0.1) is 13.2 Å². The maximum absolute atomic E-state index is 5.68. The third-order valence-electron chi connectivity index (χ3n) is 2.20. The van der Waals surface area contributed by atoms with Gasteiger partial charge in [0, 0.05) is 12.3 Å². The second kappa shape index (κ2) is 4.56. The molecule has 0 radical (unpaired) electrons. The first-order valence-corrected chi connectivity index (χ1v) is 5.38. The largest absolute Gasteiger partial charge is 0.490 e. The van der Waals surface area contributed by atoms with Crippen LogP contribution < -0.4 is 9.47 Å². The Morgan fingerprint density at radius 2 is 1.93 bits per heavy atom. The number of hydrogen-bond acceptors (Lipinski definition) is 2. The molecule has 0 spiro atoms.